The zero-order valence-corrected chi connectivity index (χ0v) is 18.5. The van der Waals surface area contributed by atoms with E-state index in [1.807, 2.05) is 19.2 Å². The van der Waals surface area contributed by atoms with Crippen molar-refractivity contribution in [2.75, 3.05) is 53.4 Å². The highest BCUT2D eigenvalue weighted by Crippen LogP contribution is 2.18. The summed E-state index contributed by atoms with van der Waals surface area (Å²) in [6, 6.07) is 8.98. The van der Waals surface area contributed by atoms with Crippen LogP contribution in [0.2, 0.25) is 0 Å². The number of rotatable bonds is 8. The van der Waals surface area contributed by atoms with E-state index in [0.29, 0.717) is 12.0 Å². The van der Waals surface area contributed by atoms with Gasteiger partial charge in [-0.15, -0.1) is 0 Å². The molecule has 0 aromatic heterocycles. The molecule has 0 saturated carbocycles. The molecular formula is C22H39N5O. The molecule has 2 atom stereocenters. The second-order valence-electron chi connectivity index (χ2n) is 8.28. The van der Waals surface area contributed by atoms with Gasteiger partial charge in [0, 0.05) is 45.8 Å². The van der Waals surface area contributed by atoms with E-state index < -0.39 is 0 Å². The molecule has 1 aliphatic rings. The monoisotopic (exact) mass is 389 g/mol. The fourth-order valence-electron chi connectivity index (χ4n) is 3.23. The largest absolute Gasteiger partial charge is 0.493 e. The number of nitrogens with zero attached hydrogens (tertiary/aromatic N) is 3. The minimum atomic E-state index is 0.171. The van der Waals surface area contributed by atoms with E-state index in [2.05, 4.69) is 72.3 Å². The van der Waals surface area contributed by atoms with Crippen LogP contribution in [-0.4, -0.2) is 75.2 Å². The molecule has 1 aromatic rings. The summed E-state index contributed by atoms with van der Waals surface area (Å²) in [6.07, 6.45) is 0. The van der Waals surface area contributed by atoms with Crippen molar-refractivity contribution in [2.24, 2.45) is 10.9 Å². The summed E-state index contributed by atoms with van der Waals surface area (Å²) in [7, 11) is 4.02. The first kappa shape index (κ1) is 22.5. The van der Waals surface area contributed by atoms with Gasteiger partial charge in [-0.2, -0.15) is 0 Å². The Labute approximate surface area is 171 Å². The van der Waals surface area contributed by atoms with Crippen molar-refractivity contribution < 1.29 is 4.74 Å². The zero-order valence-electron chi connectivity index (χ0n) is 18.5. The van der Waals surface area contributed by atoms with Crippen LogP contribution in [0.3, 0.4) is 0 Å². The van der Waals surface area contributed by atoms with Crippen LogP contribution in [0.1, 0.15) is 39.3 Å². The Bertz CT molecular complexity index is 593. The lowest BCUT2D eigenvalue weighted by Crippen LogP contribution is -2.52. The van der Waals surface area contributed by atoms with Crippen molar-refractivity contribution in [3.05, 3.63) is 29.8 Å². The molecule has 2 rings (SSSR count). The van der Waals surface area contributed by atoms with Gasteiger partial charge in [0.25, 0.3) is 0 Å². The fourth-order valence-corrected chi connectivity index (χ4v) is 3.23. The van der Waals surface area contributed by atoms with Crippen molar-refractivity contribution in [2.45, 2.75) is 39.8 Å². The number of likely N-dealkylation sites (N-methyl/N-ethyl adjacent to an activating group) is 1. The van der Waals surface area contributed by atoms with Crippen LogP contribution in [0.4, 0.5) is 0 Å². The van der Waals surface area contributed by atoms with Crippen LogP contribution in [0.5, 0.6) is 5.75 Å². The molecule has 1 aliphatic heterocycles. The molecule has 0 amide bonds. The van der Waals surface area contributed by atoms with E-state index in [9.17, 15) is 0 Å². The maximum Gasteiger partial charge on any atom is 0.191 e. The highest BCUT2D eigenvalue weighted by atomic mass is 16.5. The molecule has 1 saturated heterocycles. The number of guanidine groups is 1. The molecule has 2 N–H and O–H groups in total. The first-order chi connectivity index (χ1) is 13.4. The first-order valence-electron chi connectivity index (χ1n) is 10.5. The fraction of sp³-hybridized carbons (Fsp3) is 0.682. The van der Waals surface area contributed by atoms with Crippen molar-refractivity contribution in [1.29, 1.82) is 0 Å². The Morgan fingerprint density at radius 1 is 1.07 bits per heavy atom. The third kappa shape index (κ3) is 7.32. The van der Waals surface area contributed by atoms with Gasteiger partial charge < -0.3 is 20.3 Å². The minimum Gasteiger partial charge on any atom is -0.493 e. The number of piperazine rings is 1. The van der Waals surface area contributed by atoms with Gasteiger partial charge in [-0.1, -0.05) is 26.0 Å². The molecule has 0 spiro atoms. The second kappa shape index (κ2) is 11.3. The molecule has 6 heteroatoms. The molecule has 1 aromatic carbocycles. The lowest BCUT2D eigenvalue weighted by molar-refractivity contribution is 0.120. The predicted molar refractivity (Wildman–Crippen MR) is 118 cm³/mol. The molecule has 0 aliphatic carbocycles. The molecule has 1 fully saturated rings. The molecule has 1 heterocycles. The average molecular weight is 390 g/mol. The lowest BCUT2D eigenvalue weighted by atomic mass is 10.1. The van der Waals surface area contributed by atoms with E-state index in [-0.39, 0.29) is 6.04 Å². The molecular weight excluding hydrogens is 350 g/mol. The number of ether oxygens (including phenoxy) is 1. The Kier molecular flexibility index (Phi) is 9.06. The van der Waals surface area contributed by atoms with E-state index in [1.54, 1.807) is 0 Å². The van der Waals surface area contributed by atoms with Crippen LogP contribution in [0.25, 0.3) is 0 Å². The first-order valence-corrected chi connectivity index (χ1v) is 10.5. The predicted octanol–water partition coefficient (Wildman–Crippen LogP) is 2.58. The summed E-state index contributed by atoms with van der Waals surface area (Å²) in [5.74, 6) is 2.30. The van der Waals surface area contributed by atoms with Gasteiger partial charge in [-0.05, 0) is 44.5 Å². The van der Waals surface area contributed by atoms with Crippen molar-refractivity contribution in [3.8, 4) is 5.75 Å². The Morgan fingerprint density at radius 3 is 2.29 bits per heavy atom. The van der Waals surface area contributed by atoms with Gasteiger partial charge in [0.15, 0.2) is 5.96 Å². The molecule has 28 heavy (non-hydrogen) atoms. The van der Waals surface area contributed by atoms with Crippen molar-refractivity contribution in [1.82, 2.24) is 20.4 Å². The van der Waals surface area contributed by atoms with Crippen LogP contribution in [0.15, 0.2) is 29.3 Å². The average Bonchev–Trinajstić information content (AvgIpc) is 2.70. The summed E-state index contributed by atoms with van der Waals surface area (Å²) >= 11 is 0. The second-order valence-corrected chi connectivity index (χ2v) is 8.28. The summed E-state index contributed by atoms with van der Waals surface area (Å²) < 4.78 is 5.77. The maximum absolute atomic E-state index is 5.77. The highest BCUT2D eigenvalue weighted by Gasteiger charge is 2.19. The Hall–Kier alpha value is -1.79. The molecule has 6 nitrogen and oxygen atoms in total. The topological polar surface area (TPSA) is 52.1 Å². The normalized spacial score (nSPS) is 18.8. The number of aliphatic imine (C=N–C) groups is 1. The molecule has 0 radical (unpaired) electrons. The quantitative estimate of drug-likeness (QED) is 0.529. The van der Waals surface area contributed by atoms with Crippen LogP contribution >= 0.6 is 0 Å². The summed E-state index contributed by atoms with van der Waals surface area (Å²) in [4.78, 5) is 9.32. The standard InChI is InChI=1S/C22H39N5O/c1-17(2)16-28-21-9-7-20(8-10-21)19(4)25-22(23-5)24-15-18(3)27-13-11-26(6)12-14-27/h7-10,17-19H,11-16H2,1-6H3,(H2,23,24,25). The van der Waals surface area contributed by atoms with Crippen molar-refractivity contribution in [3.63, 3.8) is 0 Å². The Balaban J connectivity index is 1.79. The van der Waals surface area contributed by atoms with Gasteiger partial charge >= 0.3 is 0 Å². The lowest BCUT2D eigenvalue weighted by Gasteiger charge is -2.36. The molecule has 0 bridgehead atoms. The zero-order chi connectivity index (χ0) is 20.5. The van der Waals surface area contributed by atoms with Gasteiger partial charge in [-0.3, -0.25) is 9.89 Å². The molecule has 2 unspecified atom stereocenters. The molecule has 158 valence electrons. The van der Waals surface area contributed by atoms with Gasteiger partial charge in [0.1, 0.15) is 5.75 Å². The number of nitrogens with one attached hydrogen (secondary N) is 2. The summed E-state index contributed by atoms with van der Waals surface area (Å²) in [5, 5.41) is 6.97. The number of benzene rings is 1. The summed E-state index contributed by atoms with van der Waals surface area (Å²) in [6.45, 7) is 14.9. The third-order valence-corrected chi connectivity index (χ3v) is 5.27. The summed E-state index contributed by atoms with van der Waals surface area (Å²) in [5.41, 5.74) is 1.21. The van der Waals surface area contributed by atoms with Gasteiger partial charge in [-0.25, -0.2) is 0 Å². The van der Waals surface area contributed by atoms with E-state index in [0.717, 1.165) is 51.0 Å². The van der Waals surface area contributed by atoms with E-state index >= 15 is 0 Å². The maximum atomic E-state index is 5.77. The number of hydrogen-bond donors (Lipinski definition) is 2. The van der Waals surface area contributed by atoms with E-state index in [4.69, 9.17) is 4.74 Å². The van der Waals surface area contributed by atoms with Crippen LogP contribution < -0.4 is 15.4 Å². The SMILES string of the molecule is CN=C(NCC(C)N1CCN(C)CC1)NC(C)c1ccc(OCC(C)C)cc1. The van der Waals surface area contributed by atoms with E-state index in [1.165, 1.54) is 5.56 Å². The van der Waals surface area contributed by atoms with Gasteiger partial charge in [0.05, 0.1) is 12.6 Å². The van der Waals surface area contributed by atoms with Crippen LogP contribution in [0, 0.1) is 5.92 Å². The third-order valence-electron chi connectivity index (χ3n) is 5.27. The van der Waals surface area contributed by atoms with Gasteiger partial charge in [0.2, 0.25) is 0 Å². The minimum absolute atomic E-state index is 0.171. The Morgan fingerprint density at radius 2 is 1.71 bits per heavy atom. The smallest absolute Gasteiger partial charge is 0.191 e. The highest BCUT2D eigenvalue weighted by molar-refractivity contribution is 5.80. The van der Waals surface area contributed by atoms with Crippen molar-refractivity contribution >= 4 is 5.96 Å². The number of hydrogen-bond acceptors (Lipinski definition) is 4. The van der Waals surface area contributed by atoms with Crippen LogP contribution in [-0.2, 0) is 0 Å².